The lowest BCUT2D eigenvalue weighted by Crippen LogP contribution is -2.55. The quantitative estimate of drug-likeness (QED) is 0.277. The van der Waals surface area contributed by atoms with Gasteiger partial charge in [-0.2, -0.15) is 0 Å². The van der Waals surface area contributed by atoms with Gasteiger partial charge in [0.1, 0.15) is 17.3 Å². The molecule has 182 valence electrons. The summed E-state index contributed by atoms with van der Waals surface area (Å²) in [6.07, 6.45) is -0.171. The predicted molar refractivity (Wildman–Crippen MR) is 136 cm³/mol. The van der Waals surface area contributed by atoms with Crippen LogP contribution in [0.5, 0.6) is 11.5 Å². The molecular formula is C30H26FNO4. The van der Waals surface area contributed by atoms with Crippen LogP contribution in [0, 0.1) is 11.7 Å². The number of phenolic OH excluding ortho intramolecular Hbond substituents is 2. The van der Waals surface area contributed by atoms with Crippen LogP contribution < -0.4 is 4.90 Å². The first-order chi connectivity index (χ1) is 17.4. The number of nitrogens with zero attached hydrogens (tertiary/aromatic N) is 1. The Morgan fingerprint density at radius 3 is 2.31 bits per heavy atom. The number of rotatable bonds is 7. The van der Waals surface area contributed by atoms with Gasteiger partial charge in [0, 0.05) is 11.3 Å². The zero-order valence-corrected chi connectivity index (χ0v) is 19.5. The van der Waals surface area contributed by atoms with Gasteiger partial charge in [-0.3, -0.25) is 4.79 Å². The lowest BCUT2D eigenvalue weighted by Gasteiger charge is -2.48. The molecule has 0 aromatic heterocycles. The number of aliphatic hydroxyl groups is 1. The van der Waals surface area contributed by atoms with Crippen LogP contribution in [0.4, 0.5) is 10.1 Å². The van der Waals surface area contributed by atoms with Gasteiger partial charge in [0.15, 0.2) is 0 Å². The average Bonchev–Trinajstić information content (AvgIpc) is 2.88. The highest BCUT2D eigenvalue weighted by molar-refractivity contribution is 6.04. The van der Waals surface area contributed by atoms with E-state index in [1.54, 1.807) is 47.4 Å². The molecule has 0 spiro atoms. The fourth-order valence-corrected chi connectivity index (χ4v) is 5.01. The maximum Gasteiger partial charge on any atom is 0.233 e. The number of carbonyl (C=O) groups is 1. The molecule has 5 rings (SSSR count). The summed E-state index contributed by atoms with van der Waals surface area (Å²) in [5.74, 6) is -0.797. The average molecular weight is 484 g/mol. The Labute approximate surface area is 208 Å². The van der Waals surface area contributed by atoms with Crippen molar-refractivity contribution in [1.82, 2.24) is 0 Å². The predicted octanol–water partition coefficient (Wildman–Crippen LogP) is 6.12. The van der Waals surface area contributed by atoms with Gasteiger partial charge >= 0.3 is 0 Å². The molecule has 0 radical (unpaired) electrons. The minimum Gasteiger partial charge on any atom is -0.508 e. The first-order valence-corrected chi connectivity index (χ1v) is 11.9. The van der Waals surface area contributed by atoms with Crippen molar-refractivity contribution in [3.63, 3.8) is 0 Å². The molecule has 0 bridgehead atoms. The van der Waals surface area contributed by atoms with Crippen LogP contribution >= 0.6 is 0 Å². The van der Waals surface area contributed by atoms with E-state index in [0.29, 0.717) is 35.2 Å². The van der Waals surface area contributed by atoms with E-state index in [1.165, 1.54) is 12.1 Å². The van der Waals surface area contributed by atoms with E-state index in [4.69, 9.17) is 0 Å². The van der Waals surface area contributed by atoms with Gasteiger partial charge < -0.3 is 20.2 Å². The van der Waals surface area contributed by atoms with Crippen molar-refractivity contribution in [3.05, 3.63) is 114 Å². The van der Waals surface area contributed by atoms with Gasteiger partial charge in [-0.15, -0.1) is 0 Å². The van der Waals surface area contributed by atoms with E-state index in [-0.39, 0.29) is 23.2 Å². The Morgan fingerprint density at radius 2 is 1.58 bits per heavy atom. The largest absolute Gasteiger partial charge is 0.508 e. The van der Waals surface area contributed by atoms with Crippen molar-refractivity contribution >= 4 is 11.6 Å². The number of anilines is 1. The SMILES string of the molecule is O=C1C(CC[C@@H](O)c2ccc(F)cc2)C(c2c(O)cccc2-c2cccc(O)c2)N1c1ccccc1. The summed E-state index contributed by atoms with van der Waals surface area (Å²) in [4.78, 5) is 15.1. The van der Waals surface area contributed by atoms with E-state index in [9.17, 15) is 24.5 Å². The minimum atomic E-state index is -0.847. The third kappa shape index (κ3) is 4.43. The van der Waals surface area contributed by atoms with Gasteiger partial charge in [0.25, 0.3) is 0 Å². The van der Waals surface area contributed by atoms with Crippen LogP contribution in [0.2, 0.25) is 0 Å². The molecule has 0 saturated carbocycles. The Balaban J connectivity index is 1.52. The van der Waals surface area contributed by atoms with Crippen LogP contribution in [0.3, 0.4) is 0 Å². The fraction of sp³-hybridized carbons (Fsp3) is 0.167. The monoisotopic (exact) mass is 483 g/mol. The lowest BCUT2D eigenvalue weighted by molar-refractivity contribution is -0.131. The number of halogens is 1. The maximum absolute atomic E-state index is 13.4. The van der Waals surface area contributed by atoms with Crippen molar-refractivity contribution in [2.75, 3.05) is 4.90 Å². The molecule has 4 aromatic carbocycles. The van der Waals surface area contributed by atoms with E-state index in [2.05, 4.69) is 0 Å². The Bertz CT molecular complexity index is 1370. The molecule has 2 unspecified atom stereocenters. The van der Waals surface area contributed by atoms with Crippen molar-refractivity contribution in [3.8, 4) is 22.6 Å². The zero-order chi connectivity index (χ0) is 25.2. The topological polar surface area (TPSA) is 81.0 Å². The summed E-state index contributed by atoms with van der Waals surface area (Å²) < 4.78 is 13.3. The first-order valence-electron chi connectivity index (χ1n) is 11.9. The summed E-state index contributed by atoms with van der Waals surface area (Å²) in [5.41, 5.74) is 3.33. The van der Waals surface area contributed by atoms with Crippen LogP contribution in [-0.4, -0.2) is 21.2 Å². The second-order valence-corrected chi connectivity index (χ2v) is 9.03. The standard InChI is InChI=1S/C30H26FNO4/c31-21-14-12-19(13-15-21)26(34)17-16-25-29(32(30(25)36)22-7-2-1-3-8-22)28-24(10-5-11-27(28)35)20-6-4-9-23(33)18-20/h1-15,18,25-26,29,33-35H,16-17H2/t25?,26-,29?/m1/s1. The fourth-order valence-electron chi connectivity index (χ4n) is 5.01. The molecular weight excluding hydrogens is 457 g/mol. The third-order valence-corrected chi connectivity index (χ3v) is 6.79. The Hall–Kier alpha value is -4.16. The van der Waals surface area contributed by atoms with E-state index in [0.717, 1.165) is 5.56 Å². The molecule has 36 heavy (non-hydrogen) atoms. The maximum atomic E-state index is 13.4. The molecule has 5 nitrogen and oxygen atoms in total. The molecule has 1 aliphatic rings. The number of aliphatic hydroxyl groups excluding tert-OH is 1. The lowest BCUT2D eigenvalue weighted by atomic mass is 9.75. The number of benzene rings is 4. The first kappa shape index (κ1) is 23.6. The summed E-state index contributed by atoms with van der Waals surface area (Å²) in [6.45, 7) is 0. The highest BCUT2D eigenvalue weighted by Gasteiger charge is 2.50. The van der Waals surface area contributed by atoms with Crippen molar-refractivity contribution in [1.29, 1.82) is 0 Å². The van der Waals surface area contributed by atoms with Crippen LogP contribution in [-0.2, 0) is 4.79 Å². The smallest absolute Gasteiger partial charge is 0.233 e. The molecule has 1 aliphatic heterocycles. The van der Waals surface area contributed by atoms with Crippen molar-refractivity contribution in [2.45, 2.75) is 25.0 Å². The summed E-state index contributed by atoms with van der Waals surface area (Å²) >= 11 is 0. The normalized spacial score (nSPS) is 18.1. The molecule has 1 heterocycles. The Kier molecular flexibility index (Phi) is 6.44. The second-order valence-electron chi connectivity index (χ2n) is 9.03. The van der Waals surface area contributed by atoms with E-state index < -0.39 is 18.1 Å². The van der Waals surface area contributed by atoms with Crippen LogP contribution in [0.25, 0.3) is 11.1 Å². The van der Waals surface area contributed by atoms with Gasteiger partial charge in [-0.1, -0.05) is 54.6 Å². The Morgan fingerprint density at radius 1 is 0.861 bits per heavy atom. The number of para-hydroxylation sites is 1. The molecule has 3 atom stereocenters. The van der Waals surface area contributed by atoms with Gasteiger partial charge in [0.2, 0.25) is 5.91 Å². The number of aromatic hydroxyl groups is 2. The van der Waals surface area contributed by atoms with E-state index in [1.807, 2.05) is 42.5 Å². The number of amides is 1. The number of hydrogen-bond acceptors (Lipinski definition) is 4. The summed E-state index contributed by atoms with van der Waals surface area (Å²) in [7, 11) is 0. The number of hydrogen-bond donors (Lipinski definition) is 3. The van der Waals surface area contributed by atoms with Crippen LogP contribution in [0.1, 0.15) is 36.1 Å². The third-order valence-electron chi connectivity index (χ3n) is 6.79. The number of phenols is 2. The van der Waals surface area contributed by atoms with Gasteiger partial charge in [-0.05, 0) is 72.0 Å². The van der Waals surface area contributed by atoms with Crippen molar-refractivity contribution in [2.24, 2.45) is 5.92 Å². The van der Waals surface area contributed by atoms with Gasteiger partial charge in [-0.25, -0.2) is 4.39 Å². The van der Waals surface area contributed by atoms with E-state index >= 15 is 0 Å². The molecule has 1 fully saturated rings. The number of β-lactam (4-membered cyclic amide) rings is 1. The van der Waals surface area contributed by atoms with Gasteiger partial charge in [0.05, 0.1) is 18.1 Å². The van der Waals surface area contributed by atoms with Crippen molar-refractivity contribution < 1.29 is 24.5 Å². The molecule has 0 aliphatic carbocycles. The highest BCUT2D eigenvalue weighted by Crippen LogP contribution is 2.51. The molecule has 4 aromatic rings. The molecule has 1 saturated heterocycles. The summed E-state index contributed by atoms with van der Waals surface area (Å²) in [5, 5.41) is 31.8. The summed E-state index contributed by atoms with van der Waals surface area (Å²) in [6, 6.07) is 26.5. The van der Waals surface area contributed by atoms with Crippen LogP contribution in [0.15, 0.2) is 97.1 Å². The molecule has 1 amide bonds. The second kappa shape index (κ2) is 9.84. The number of carbonyl (C=O) groups excluding carboxylic acids is 1. The molecule has 3 N–H and O–H groups in total. The molecule has 6 heteroatoms. The highest BCUT2D eigenvalue weighted by atomic mass is 19.1. The minimum absolute atomic E-state index is 0.0540. The zero-order valence-electron chi connectivity index (χ0n) is 19.5.